The lowest BCUT2D eigenvalue weighted by Crippen LogP contribution is -2.30. The number of carbonyl (C=O) groups excluding carboxylic acids is 1. The zero-order chi connectivity index (χ0) is 18.3. The summed E-state index contributed by atoms with van der Waals surface area (Å²) < 4.78 is 2.06. The summed E-state index contributed by atoms with van der Waals surface area (Å²) in [7, 11) is 2.00. The number of hydrogen-bond donors (Lipinski definition) is 2. The molecule has 2 aliphatic rings. The van der Waals surface area contributed by atoms with Crippen LogP contribution in [0.5, 0.6) is 0 Å². The van der Waals surface area contributed by atoms with E-state index in [1.165, 1.54) is 18.2 Å². The maximum atomic E-state index is 11.1. The van der Waals surface area contributed by atoms with Crippen molar-refractivity contribution in [1.29, 1.82) is 0 Å². The monoisotopic (exact) mass is 355 g/mol. The van der Waals surface area contributed by atoms with E-state index in [9.17, 15) is 9.90 Å². The Morgan fingerprint density at radius 3 is 2.92 bits per heavy atom. The Bertz CT molecular complexity index is 818. The molecule has 26 heavy (non-hydrogen) atoms. The lowest BCUT2D eigenvalue weighted by Gasteiger charge is -2.18. The van der Waals surface area contributed by atoms with Crippen molar-refractivity contribution in [3.8, 4) is 0 Å². The van der Waals surface area contributed by atoms with Gasteiger partial charge < -0.3 is 15.3 Å². The van der Waals surface area contributed by atoms with Crippen molar-refractivity contribution < 1.29 is 9.90 Å². The molecule has 1 fully saturated rings. The fraction of sp³-hybridized carbons (Fsp3) is 0.526. The van der Waals surface area contributed by atoms with Gasteiger partial charge >= 0.3 is 0 Å². The first-order valence-corrected chi connectivity index (χ1v) is 9.22. The van der Waals surface area contributed by atoms with Crippen molar-refractivity contribution in [1.82, 2.24) is 20.1 Å². The van der Waals surface area contributed by atoms with Crippen molar-refractivity contribution >= 4 is 17.5 Å². The molecule has 0 bridgehead atoms. The second-order valence-electron chi connectivity index (χ2n) is 7.38. The van der Waals surface area contributed by atoms with E-state index < -0.39 is 6.10 Å². The Morgan fingerprint density at radius 2 is 2.12 bits per heavy atom. The van der Waals surface area contributed by atoms with E-state index in [2.05, 4.69) is 43.2 Å². The third-order valence-electron chi connectivity index (χ3n) is 5.65. The summed E-state index contributed by atoms with van der Waals surface area (Å²) in [5, 5.41) is 22.1. The molecular weight excluding hydrogens is 330 g/mol. The van der Waals surface area contributed by atoms with Crippen LogP contribution in [0, 0.1) is 5.92 Å². The molecule has 1 saturated carbocycles. The van der Waals surface area contributed by atoms with Crippen LogP contribution in [0.15, 0.2) is 24.3 Å². The summed E-state index contributed by atoms with van der Waals surface area (Å²) in [6.07, 6.45) is 2.07. The molecule has 3 atom stereocenters. The lowest BCUT2D eigenvalue weighted by molar-refractivity contribution is -0.119. The molecule has 2 N–H and O–H groups in total. The topological polar surface area (TPSA) is 83.3 Å². The number of nitrogens with one attached hydrogen (secondary N) is 1. The van der Waals surface area contributed by atoms with Crippen LogP contribution in [0.1, 0.15) is 37.1 Å². The quantitative estimate of drug-likeness (QED) is 0.868. The number of carbonyl (C=O) groups is 1. The average molecular weight is 355 g/mol. The van der Waals surface area contributed by atoms with Gasteiger partial charge in [0.15, 0.2) is 0 Å². The van der Waals surface area contributed by atoms with Crippen LogP contribution in [0.25, 0.3) is 0 Å². The highest BCUT2D eigenvalue weighted by molar-refractivity contribution is 5.72. The number of hydrogen-bond acceptors (Lipinski definition) is 5. The van der Waals surface area contributed by atoms with E-state index in [0.29, 0.717) is 13.0 Å². The fourth-order valence-corrected chi connectivity index (χ4v) is 4.28. The molecule has 4 rings (SSSR count). The van der Waals surface area contributed by atoms with Gasteiger partial charge in [0.25, 0.3) is 0 Å². The largest absolute Gasteiger partial charge is 0.393 e. The van der Waals surface area contributed by atoms with Crippen LogP contribution >= 0.6 is 0 Å². The van der Waals surface area contributed by atoms with Crippen molar-refractivity contribution in [3.05, 3.63) is 35.7 Å². The summed E-state index contributed by atoms with van der Waals surface area (Å²) in [6.45, 7) is 2.92. The summed E-state index contributed by atoms with van der Waals surface area (Å²) in [5.41, 5.74) is 2.54. The van der Waals surface area contributed by atoms with Crippen LogP contribution in [-0.2, 0) is 18.3 Å². The van der Waals surface area contributed by atoms with Gasteiger partial charge in [-0.3, -0.25) is 9.36 Å². The predicted molar refractivity (Wildman–Crippen MR) is 98.3 cm³/mol. The molecule has 0 saturated heterocycles. The first kappa shape index (κ1) is 17.0. The molecule has 1 aliphatic heterocycles. The van der Waals surface area contributed by atoms with Gasteiger partial charge in [0.1, 0.15) is 5.82 Å². The van der Waals surface area contributed by atoms with Gasteiger partial charge in [-0.05, 0) is 30.9 Å². The summed E-state index contributed by atoms with van der Waals surface area (Å²) in [5.74, 6) is 1.93. The third kappa shape index (κ3) is 2.96. The summed E-state index contributed by atoms with van der Waals surface area (Å²) in [4.78, 5) is 13.4. The molecule has 0 spiro atoms. The van der Waals surface area contributed by atoms with E-state index in [4.69, 9.17) is 0 Å². The van der Waals surface area contributed by atoms with Crippen LogP contribution in [-0.4, -0.2) is 45.0 Å². The molecule has 0 radical (unpaired) electrons. The van der Waals surface area contributed by atoms with E-state index in [0.717, 1.165) is 31.2 Å². The number of fused-ring (bicyclic) bond motifs is 1. The SMILES string of the molecule is CC(=O)NC[C@H]1C[C@H](c2nnc(N3CCc4ccccc43)n2C)C[C@H]1O. The molecule has 7 heteroatoms. The Labute approximate surface area is 153 Å². The van der Waals surface area contributed by atoms with Gasteiger partial charge in [0.2, 0.25) is 11.9 Å². The molecule has 1 aliphatic carbocycles. The number of nitrogens with zero attached hydrogens (tertiary/aromatic N) is 4. The second kappa shape index (κ2) is 6.72. The smallest absolute Gasteiger partial charge is 0.231 e. The molecule has 1 amide bonds. The van der Waals surface area contributed by atoms with Crippen LogP contribution in [0.2, 0.25) is 0 Å². The summed E-state index contributed by atoms with van der Waals surface area (Å²) >= 11 is 0. The molecule has 2 aromatic rings. The standard InChI is InChI=1S/C19H25N5O2/c1-12(25)20-11-15-9-14(10-17(15)26)18-21-22-19(23(18)2)24-8-7-13-5-3-4-6-16(13)24/h3-6,14-15,17,26H,7-11H2,1-2H3,(H,20,25)/t14-,15+,17+/m0/s1. The van der Waals surface area contributed by atoms with E-state index in [1.54, 1.807) is 0 Å². The molecule has 0 unspecified atom stereocenters. The molecule has 1 aromatic heterocycles. The molecule has 7 nitrogen and oxygen atoms in total. The van der Waals surface area contributed by atoms with Gasteiger partial charge in [-0.2, -0.15) is 0 Å². The minimum Gasteiger partial charge on any atom is -0.393 e. The number of aromatic nitrogens is 3. The van der Waals surface area contributed by atoms with Gasteiger partial charge in [-0.1, -0.05) is 18.2 Å². The molecule has 138 valence electrons. The Hall–Kier alpha value is -2.41. The number of rotatable bonds is 4. The highest BCUT2D eigenvalue weighted by Crippen LogP contribution is 2.39. The molecule has 1 aromatic carbocycles. The van der Waals surface area contributed by atoms with Crippen LogP contribution in [0.3, 0.4) is 0 Å². The number of amides is 1. The average Bonchev–Trinajstić information content (AvgIpc) is 3.30. The van der Waals surface area contributed by atoms with Crippen molar-refractivity contribution in [2.75, 3.05) is 18.0 Å². The normalized spacial score (nSPS) is 24.7. The third-order valence-corrected chi connectivity index (χ3v) is 5.65. The van der Waals surface area contributed by atoms with Crippen LogP contribution in [0.4, 0.5) is 11.6 Å². The number of para-hydroxylation sites is 1. The van der Waals surface area contributed by atoms with Crippen molar-refractivity contribution in [2.45, 2.75) is 38.2 Å². The highest BCUT2D eigenvalue weighted by atomic mass is 16.3. The van der Waals surface area contributed by atoms with Gasteiger partial charge in [0, 0.05) is 44.6 Å². The second-order valence-corrected chi connectivity index (χ2v) is 7.38. The molecular formula is C19H25N5O2. The highest BCUT2D eigenvalue weighted by Gasteiger charge is 2.37. The van der Waals surface area contributed by atoms with Crippen molar-refractivity contribution in [2.24, 2.45) is 13.0 Å². The number of benzene rings is 1. The number of anilines is 2. The summed E-state index contributed by atoms with van der Waals surface area (Å²) in [6, 6.07) is 8.40. The van der Waals surface area contributed by atoms with Gasteiger partial charge in [-0.25, -0.2) is 0 Å². The first-order chi connectivity index (χ1) is 12.5. The van der Waals surface area contributed by atoms with Crippen molar-refractivity contribution in [3.63, 3.8) is 0 Å². The van der Waals surface area contributed by atoms with Gasteiger partial charge in [0.05, 0.1) is 6.10 Å². The van der Waals surface area contributed by atoms with Crippen LogP contribution < -0.4 is 10.2 Å². The first-order valence-electron chi connectivity index (χ1n) is 9.22. The van der Waals surface area contributed by atoms with E-state index in [-0.39, 0.29) is 17.7 Å². The maximum absolute atomic E-state index is 11.1. The number of aliphatic hydroxyl groups is 1. The zero-order valence-electron chi connectivity index (χ0n) is 15.2. The van der Waals surface area contributed by atoms with E-state index >= 15 is 0 Å². The lowest BCUT2D eigenvalue weighted by atomic mass is 10.0. The molecule has 2 heterocycles. The minimum absolute atomic E-state index is 0.0608. The fourth-order valence-electron chi connectivity index (χ4n) is 4.28. The maximum Gasteiger partial charge on any atom is 0.231 e. The predicted octanol–water partition coefficient (Wildman–Crippen LogP) is 1.50. The Morgan fingerprint density at radius 1 is 1.31 bits per heavy atom. The minimum atomic E-state index is -0.417. The Kier molecular flexibility index (Phi) is 4.40. The zero-order valence-corrected chi connectivity index (χ0v) is 15.2. The number of aliphatic hydroxyl groups excluding tert-OH is 1. The van der Waals surface area contributed by atoms with Gasteiger partial charge in [-0.15, -0.1) is 10.2 Å². The van der Waals surface area contributed by atoms with E-state index in [1.807, 2.05) is 13.1 Å². The Balaban J connectivity index is 1.53.